The van der Waals surface area contributed by atoms with Gasteiger partial charge in [-0.2, -0.15) is 0 Å². The van der Waals surface area contributed by atoms with Gasteiger partial charge in [0.25, 0.3) is 0 Å². The fourth-order valence-corrected chi connectivity index (χ4v) is 5.01. The molecule has 222 valence electrons. The summed E-state index contributed by atoms with van der Waals surface area (Å²) < 4.78 is 6.36. The van der Waals surface area contributed by atoms with Gasteiger partial charge in [0.15, 0.2) is 0 Å². The third-order valence-corrected chi connectivity index (χ3v) is 8.22. The van der Waals surface area contributed by atoms with Crippen LogP contribution in [0.3, 0.4) is 0 Å². The third-order valence-electron chi connectivity index (χ3n) is 8.22. The molecule has 0 aliphatic heterocycles. The molecule has 0 aliphatic carbocycles. The van der Waals surface area contributed by atoms with E-state index in [0.717, 1.165) is 57.3 Å². The van der Waals surface area contributed by atoms with Gasteiger partial charge in [-0.3, -0.25) is 4.79 Å². The molecule has 2 atom stereocenters. The topological polar surface area (TPSA) is 46.5 Å². The molecular formula is C36H60O3. The van der Waals surface area contributed by atoms with Gasteiger partial charge in [0, 0.05) is 0 Å². The molecule has 0 fully saturated rings. The van der Waals surface area contributed by atoms with Crippen molar-refractivity contribution >= 4 is 5.97 Å². The molecule has 0 aliphatic rings. The highest BCUT2D eigenvalue weighted by Gasteiger charge is 2.12. The SMILES string of the molecule is CCCCCCCCOc1c(CCC(C)CC/C=C(\C)CCC/C(C)=C/CCC(C)C(=O)O)ccc(C)c1C. The number of unbranched alkanes of at least 4 members (excludes halogenated alkanes) is 5. The van der Waals surface area contributed by atoms with Crippen LogP contribution in [0.2, 0.25) is 0 Å². The fourth-order valence-electron chi connectivity index (χ4n) is 5.01. The minimum atomic E-state index is -0.695. The second-order valence-electron chi connectivity index (χ2n) is 12.1. The fraction of sp³-hybridized carbons (Fsp3) is 0.694. The lowest BCUT2D eigenvalue weighted by molar-refractivity contribution is -0.141. The van der Waals surface area contributed by atoms with Crippen molar-refractivity contribution in [3.63, 3.8) is 0 Å². The number of carbonyl (C=O) groups is 1. The predicted octanol–water partition coefficient (Wildman–Crippen LogP) is 11.0. The number of benzene rings is 1. The number of rotatable bonds is 22. The van der Waals surface area contributed by atoms with E-state index >= 15 is 0 Å². The molecule has 0 bridgehead atoms. The molecule has 1 aromatic rings. The first-order chi connectivity index (χ1) is 18.6. The van der Waals surface area contributed by atoms with E-state index < -0.39 is 5.97 Å². The molecule has 3 heteroatoms. The summed E-state index contributed by atoms with van der Waals surface area (Å²) in [6, 6.07) is 4.55. The van der Waals surface area contributed by atoms with Gasteiger partial charge in [-0.1, -0.05) is 88.3 Å². The number of hydrogen-bond acceptors (Lipinski definition) is 2. The quantitative estimate of drug-likeness (QED) is 0.117. The van der Waals surface area contributed by atoms with Gasteiger partial charge in [0.2, 0.25) is 0 Å². The molecule has 0 aromatic heterocycles. The summed E-state index contributed by atoms with van der Waals surface area (Å²) in [7, 11) is 0. The molecule has 1 rings (SSSR count). The van der Waals surface area contributed by atoms with Gasteiger partial charge in [-0.25, -0.2) is 0 Å². The van der Waals surface area contributed by atoms with Crippen LogP contribution in [-0.4, -0.2) is 17.7 Å². The second-order valence-corrected chi connectivity index (χ2v) is 12.1. The number of hydrogen-bond donors (Lipinski definition) is 1. The Balaban J connectivity index is 2.38. The maximum absolute atomic E-state index is 10.9. The molecule has 0 heterocycles. The minimum absolute atomic E-state index is 0.257. The Bertz CT molecular complexity index is 880. The number of carboxylic acids is 1. The van der Waals surface area contributed by atoms with E-state index in [9.17, 15) is 4.79 Å². The summed E-state index contributed by atoms with van der Waals surface area (Å²) in [6.45, 7) is 16.1. The average Bonchev–Trinajstić information content (AvgIpc) is 2.89. The van der Waals surface area contributed by atoms with Crippen LogP contribution in [0.15, 0.2) is 35.4 Å². The van der Waals surface area contributed by atoms with E-state index in [2.05, 4.69) is 65.8 Å². The zero-order valence-electron chi connectivity index (χ0n) is 26.5. The normalized spacial score (nSPS) is 13.9. The Morgan fingerprint density at radius 3 is 2.13 bits per heavy atom. The van der Waals surface area contributed by atoms with Crippen molar-refractivity contribution in [3.8, 4) is 5.75 Å². The molecule has 2 unspecified atom stereocenters. The van der Waals surface area contributed by atoms with Crippen LogP contribution in [0.1, 0.15) is 141 Å². The molecule has 0 saturated heterocycles. The van der Waals surface area contributed by atoms with Crippen molar-refractivity contribution in [2.75, 3.05) is 6.61 Å². The highest BCUT2D eigenvalue weighted by molar-refractivity contribution is 5.69. The Morgan fingerprint density at radius 2 is 1.49 bits per heavy atom. The Morgan fingerprint density at radius 1 is 0.872 bits per heavy atom. The smallest absolute Gasteiger partial charge is 0.306 e. The number of allylic oxidation sites excluding steroid dienone is 4. The maximum Gasteiger partial charge on any atom is 0.306 e. The van der Waals surface area contributed by atoms with Gasteiger partial charge < -0.3 is 9.84 Å². The number of carboxylic acid groups (broad SMARTS) is 1. The van der Waals surface area contributed by atoms with Gasteiger partial charge in [-0.05, 0) is 115 Å². The molecule has 3 nitrogen and oxygen atoms in total. The molecule has 39 heavy (non-hydrogen) atoms. The van der Waals surface area contributed by atoms with Crippen LogP contribution in [0.4, 0.5) is 0 Å². The van der Waals surface area contributed by atoms with E-state index in [1.54, 1.807) is 6.92 Å². The standard InChI is InChI=1S/C36H60O3/c1-8-9-10-11-12-13-27-39-35-33(7)31(5)24-26-34(35)25-23-30(4)20-15-19-28(2)17-14-18-29(3)21-16-22-32(6)36(37)38/h19,21,24,26,30,32H,8-18,20,22-23,25,27H2,1-7H3,(H,37,38)/b28-19+,29-21+. The van der Waals surface area contributed by atoms with E-state index in [-0.39, 0.29) is 5.92 Å². The predicted molar refractivity (Wildman–Crippen MR) is 169 cm³/mol. The van der Waals surface area contributed by atoms with Crippen LogP contribution < -0.4 is 4.74 Å². The lowest BCUT2D eigenvalue weighted by atomic mass is 9.94. The highest BCUT2D eigenvalue weighted by Crippen LogP contribution is 2.29. The summed E-state index contributed by atoms with van der Waals surface area (Å²) in [4.78, 5) is 10.9. The van der Waals surface area contributed by atoms with Crippen LogP contribution in [0.25, 0.3) is 0 Å². The molecule has 1 aromatic carbocycles. The van der Waals surface area contributed by atoms with Crippen molar-refractivity contribution in [1.29, 1.82) is 0 Å². The van der Waals surface area contributed by atoms with Gasteiger partial charge in [0.1, 0.15) is 5.75 Å². The monoisotopic (exact) mass is 540 g/mol. The van der Waals surface area contributed by atoms with Crippen LogP contribution in [0, 0.1) is 25.7 Å². The van der Waals surface area contributed by atoms with Crippen molar-refractivity contribution in [3.05, 3.63) is 52.1 Å². The van der Waals surface area contributed by atoms with Crippen molar-refractivity contribution < 1.29 is 14.6 Å². The molecule has 0 radical (unpaired) electrons. The van der Waals surface area contributed by atoms with Gasteiger partial charge in [-0.15, -0.1) is 0 Å². The first-order valence-electron chi connectivity index (χ1n) is 15.9. The Kier molecular flexibility index (Phi) is 18.7. The Hall–Kier alpha value is -2.03. The van der Waals surface area contributed by atoms with Crippen LogP contribution >= 0.6 is 0 Å². The van der Waals surface area contributed by atoms with E-state index in [1.165, 1.54) is 79.2 Å². The summed E-state index contributed by atoms with van der Waals surface area (Å²) >= 11 is 0. The first kappa shape index (κ1) is 35.0. The number of ether oxygens (including phenoxy) is 1. The molecule has 1 N–H and O–H groups in total. The Labute approximate surface area is 241 Å². The molecule has 0 amide bonds. The van der Waals surface area contributed by atoms with Crippen LogP contribution in [-0.2, 0) is 11.2 Å². The summed E-state index contributed by atoms with van der Waals surface area (Å²) in [6.07, 6.45) is 22.1. The van der Waals surface area contributed by atoms with E-state index in [0.29, 0.717) is 5.92 Å². The molecule has 0 spiro atoms. The zero-order chi connectivity index (χ0) is 29.0. The number of aryl methyl sites for hydroxylation is 2. The molecule has 0 saturated carbocycles. The number of aliphatic carboxylic acids is 1. The van der Waals surface area contributed by atoms with Crippen molar-refractivity contribution in [1.82, 2.24) is 0 Å². The maximum atomic E-state index is 10.9. The first-order valence-corrected chi connectivity index (χ1v) is 15.9. The van der Waals surface area contributed by atoms with Gasteiger partial charge >= 0.3 is 5.97 Å². The highest BCUT2D eigenvalue weighted by atomic mass is 16.5. The lowest BCUT2D eigenvalue weighted by Crippen LogP contribution is -2.08. The van der Waals surface area contributed by atoms with Crippen LogP contribution in [0.5, 0.6) is 5.75 Å². The average molecular weight is 541 g/mol. The van der Waals surface area contributed by atoms with Crippen molar-refractivity contribution in [2.24, 2.45) is 11.8 Å². The van der Waals surface area contributed by atoms with E-state index in [4.69, 9.17) is 9.84 Å². The third kappa shape index (κ3) is 16.0. The minimum Gasteiger partial charge on any atom is -0.493 e. The summed E-state index contributed by atoms with van der Waals surface area (Å²) in [5.74, 6) is 0.888. The van der Waals surface area contributed by atoms with Gasteiger partial charge in [0.05, 0.1) is 12.5 Å². The summed E-state index contributed by atoms with van der Waals surface area (Å²) in [5.41, 5.74) is 6.89. The largest absolute Gasteiger partial charge is 0.493 e. The lowest BCUT2D eigenvalue weighted by Gasteiger charge is -2.18. The second kappa shape index (κ2) is 20.8. The van der Waals surface area contributed by atoms with Crippen molar-refractivity contribution in [2.45, 2.75) is 145 Å². The molecular weight excluding hydrogens is 480 g/mol. The zero-order valence-corrected chi connectivity index (χ0v) is 26.5. The van der Waals surface area contributed by atoms with E-state index in [1.807, 2.05) is 0 Å². The summed E-state index contributed by atoms with van der Waals surface area (Å²) in [5, 5.41) is 9.00.